The van der Waals surface area contributed by atoms with Crippen LogP contribution in [-0.2, 0) is 4.79 Å². The Bertz CT molecular complexity index is 442. The number of hydrogen-bond donors (Lipinski definition) is 2. The summed E-state index contributed by atoms with van der Waals surface area (Å²) in [4.78, 5) is 13.5. The largest absolute Gasteiger partial charge is 0.495 e. The van der Waals surface area contributed by atoms with Crippen molar-refractivity contribution in [2.75, 3.05) is 37.0 Å². The molecule has 1 saturated heterocycles. The second kappa shape index (κ2) is 6.43. The number of nitrogens with zero attached hydrogens (tertiary/aromatic N) is 1. The molecule has 0 atom stereocenters. The lowest BCUT2D eigenvalue weighted by atomic mass is 10.1. The summed E-state index contributed by atoms with van der Waals surface area (Å²) in [6.45, 7) is 1.51. The Kier molecular flexibility index (Phi) is 4.63. The average Bonchev–Trinajstić information content (AvgIpc) is 2.48. The molecule has 0 saturated carbocycles. The molecule has 0 bridgehead atoms. The summed E-state index contributed by atoms with van der Waals surface area (Å²) in [6.07, 6.45) is 3.62. The monoisotopic (exact) mass is 264 g/mol. The summed E-state index contributed by atoms with van der Waals surface area (Å²) in [5.41, 5.74) is 1.68. The number of aliphatic hydroxyl groups is 1. The third-order valence-electron chi connectivity index (χ3n) is 3.30. The fourth-order valence-electron chi connectivity index (χ4n) is 2.35. The Balaban J connectivity index is 2.22. The molecule has 2 N–H and O–H groups in total. The van der Waals surface area contributed by atoms with Gasteiger partial charge >= 0.3 is 0 Å². The van der Waals surface area contributed by atoms with Crippen LogP contribution in [0.1, 0.15) is 19.3 Å². The van der Waals surface area contributed by atoms with E-state index in [1.54, 1.807) is 13.2 Å². The molecule has 5 heteroatoms. The molecule has 104 valence electrons. The number of piperidine rings is 1. The minimum atomic E-state index is -0.509. The summed E-state index contributed by atoms with van der Waals surface area (Å²) in [5, 5.41) is 11.4. The molecule has 1 aliphatic heterocycles. The number of nitrogens with one attached hydrogen (secondary N) is 1. The molecule has 1 aromatic carbocycles. The Hall–Kier alpha value is -1.75. The summed E-state index contributed by atoms with van der Waals surface area (Å²) < 4.78 is 5.38. The van der Waals surface area contributed by atoms with E-state index in [1.807, 2.05) is 12.1 Å². The van der Waals surface area contributed by atoms with Gasteiger partial charge in [-0.05, 0) is 37.5 Å². The van der Waals surface area contributed by atoms with Gasteiger partial charge < -0.3 is 20.1 Å². The molecular formula is C14H20N2O3. The molecule has 1 aromatic rings. The van der Waals surface area contributed by atoms with Crippen molar-refractivity contribution in [1.29, 1.82) is 0 Å². The fraction of sp³-hybridized carbons (Fsp3) is 0.500. The quantitative estimate of drug-likeness (QED) is 0.867. The van der Waals surface area contributed by atoms with Gasteiger partial charge in [-0.15, -0.1) is 0 Å². The van der Waals surface area contributed by atoms with Crippen LogP contribution in [0.15, 0.2) is 18.2 Å². The number of benzene rings is 1. The molecule has 1 amide bonds. The third-order valence-corrected chi connectivity index (χ3v) is 3.30. The number of hydrogen-bond acceptors (Lipinski definition) is 4. The number of amides is 1. The molecule has 1 heterocycles. The fourth-order valence-corrected chi connectivity index (χ4v) is 2.35. The summed E-state index contributed by atoms with van der Waals surface area (Å²) in [7, 11) is 1.65. The van der Waals surface area contributed by atoms with Gasteiger partial charge in [0.05, 0.1) is 12.8 Å². The van der Waals surface area contributed by atoms with E-state index in [2.05, 4.69) is 10.2 Å². The molecule has 0 aliphatic carbocycles. The predicted molar refractivity (Wildman–Crippen MR) is 74.8 cm³/mol. The maximum absolute atomic E-state index is 11.2. The van der Waals surface area contributed by atoms with Crippen molar-refractivity contribution in [2.24, 2.45) is 0 Å². The van der Waals surface area contributed by atoms with Crippen LogP contribution < -0.4 is 15.0 Å². The highest BCUT2D eigenvalue weighted by molar-refractivity contribution is 5.92. The second-order valence-corrected chi connectivity index (χ2v) is 4.64. The lowest BCUT2D eigenvalue weighted by Gasteiger charge is -2.30. The van der Waals surface area contributed by atoms with Gasteiger partial charge in [0.25, 0.3) is 0 Å². The van der Waals surface area contributed by atoms with Crippen molar-refractivity contribution >= 4 is 17.3 Å². The summed E-state index contributed by atoms with van der Waals surface area (Å²) in [5.74, 6) is 0.402. The minimum Gasteiger partial charge on any atom is -0.495 e. The van der Waals surface area contributed by atoms with E-state index in [9.17, 15) is 4.79 Å². The average molecular weight is 264 g/mol. The molecule has 0 aromatic heterocycles. The van der Waals surface area contributed by atoms with Crippen LogP contribution in [0.5, 0.6) is 5.75 Å². The topological polar surface area (TPSA) is 61.8 Å². The molecule has 0 radical (unpaired) electrons. The number of anilines is 2. The smallest absolute Gasteiger partial charge is 0.250 e. The Labute approximate surface area is 113 Å². The van der Waals surface area contributed by atoms with Crippen molar-refractivity contribution in [2.45, 2.75) is 19.3 Å². The van der Waals surface area contributed by atoms with Gasteiger partial charge in [-0.2, -0.15) is 0 Å². The van der Waals surface area contributed by atoms with E-state index in [0.29, 0.717) is 5.69 Å². The van der Waals surface area contributed by atoms with Gasteiger partial charge in [0.15, 0.2) is 0 Å². The van der Waals surface area contributed by atoms with Gasteiger partial charge in [0.2, 0.25) is 5.91 Å². The van der Waals surface area contributed by atoms with Crippen molar-refractivity contribution in [3.05, 3.63) is 18.2 Å². The van der Waals surface area contributed by atoms with E-state index in [4.69, 9.17) is 9.84 Å². The second-order valence-electron chi connectivity index (χ2n) is 4.64. The number of carbonyl (C=O) groups is 1. The van der Waals surface area contributed by atoms with Crippen LogP contribution in [0.4, 0.5) is 11.4 Å². The van der Waals surface area contributed by atoms with Crippen molar-refractivity contribution in [1.82, 2.24) is 0 Å². The van der Waals surface area contributed by atoms with Crippen LogP contribution >= 0.6 is 0 Å². The van der Waals surface area contributed by atoms with Gasteiger partial charge in [-0.3, -0.25) is 4.79 Å². The van der Waals surface area contributed by atoms with E-state index in [1.165, 1.54) is 19.3 Å². The van der Waals surface area contributed by atoms with E-state index in [0.717, 1.165) is 24.5 Å². The van der Waals surface area contributed by atoms with Crippen LogP contribution in [0.3, 0.4) is 0 Å². The first-order chi connectivity index (χ1) is 9.24. The number of methoxy groups -OCH3 is 1. The van der Waals surface area contributed by atoms with Crippen LogP contribution in [0.2, 0.25) is 0 Å². The molecular weight excluding hydrogens is 244 g/mol. The minimum absolute atomic E-state index is 0.408. The molecule has 0 unspecified atom stereocenters. The Morgan fingerprint density at radius 3 is 2.74 bits per heavy atom. The number of aliphatic hydroxyl groups excluding tert-OH is 1. The highest BCUT2D eigenvalue weighted by atomic mass is 16.5. The van der Waals surface area contributed by atoms with Crippen LogP contribution in [0.25, 0.3) is 0 Å². The zero-order valence-electron chi connectivity index (χ0n) is 11.2. The first kappa shape index (κ1) is 13.7. The van der Waals surface area contributed by atoms with Gasteiger partial charge in [-0.1, -0.05) is 0 Å². The number of carbonyl (C=O) groups excluding carboxylic acids is 1. The molecule has 0 spiro atoms. The van der Waals surface area contributed by atoms with Crippen LogP contribution in [-0.4, -0.2) is 37.8 Å². The third kappa shape index (κ3) is 3.38. The Morgan fingerprint density at radius 2 is 2.11 bits per heavy atom. The normalized spacial score (nSPS) is 15.2. The molecule has 1 aliphatic rings. The first-order valence-electron chi connectivity index (χ1n) is 6.58. The van der Waals surface area contributed by atoms with Crippen molar-refractivity contribution in [3.8, 4) is 5.75 Å². The Morgan fingerprint density at radius 1 is 1.37 bits per heavy atom. The number of ether oxygens (including phenoxy) is 1. The highest BCUT2D eigenvalue weighted by Gasteiger charge is 2.16. The highest BCUT2D eigenvalue weighted by Crippen LogP contribution is 2.33. The standard InChI is InChI=1S/C14H20N2O3/c1-19-13-6-5-11(15-14(18)10-17)9-12(13)16-7-3-2-4-8-16/h5-6,9,17H,2-4,7-8,10H2,1H3,(H,15,18). The number of rotatable bonds is 4. The molecule has 19 heavy (non-hydrogen) atoms. The molecule has 2 rings (SSSR count). The molecule has 5 nitrogen and oxygen atoms in total. The SMILES string of the molecule is COc1ccc(NC(=O)CO)cc1N1CCCCC1. The van der Waals surface area contributed by atoms with Crippen LogP contribution in [0, 0.1) is 0 Å². The van der Waals surface area contributed by atoms with Crippen molar-refractivity contribution < 1.29 is 14.6 Å². The zero-order chi connectivity index (χ0) is 13.7. The first-order valence-corrected chi connectivity index (χ1v) is 6.58. The van der Waals surface area contributed by atoms with Gasteiger partial charge in [-0.25, -0.2) is 0 Å². The van der Waals surface area contributed by atoms with Gasteiger partial charge in [0, 0.05) is 18.8 Å². The maximum atomic E-state index is 11.2. The summed E-state index contributed by atoms with van der Waals surface area (Å²) >= 11 is 0. The predicted octanol–water partition coefficient (Wildman–Crippen LogP) is 1.62. The van der Waals surface area contributed by atoms with E-state index >= 15 is 0 Å². The van der Waals surface area contributed by atoms with Crippen molar-refractivity contribution in [3.63, 3.8) is 0 Å². The van der Waals surface area contributed by atoms with Gasteiger partial charge in [0.1, 0.15) is 12.4 Å². The van der Waals surface area contributed by atoms with E-state index in [-0.39, 0.29) is 0 Å². The summed E-state index contributed by atoms with van der Waals surface area (Å²) in [6, 6.07) is 5.52. The lowest BCUT2D eigenvalue weighted by molar-refractivity contribution is -0.118. The molecule has 1 fully saturated rings. The maximum Gasteiger partial charge on any atom is 0.250 e. The van der Waals surface area contributed by atoms with E-state index < -0.39 is 12.5 Å². The zero-order valence-corrected chi connectivity index (χ0v) is 11.2. The lowest BCUT2D eigenvalue weighted by Crippen LogP contribution is -2.29.